The molecule has 186 valence electrons. The minimum absolute atomic E-state index is 0.0319. The number of benzene rings is 1. The molecule has 10 nitrogen and oxygen atoms in total. The second kappa shape index (κ2) is 10.9. The van der Waals surface area contributed by atoms with Gasteiger partial charge >= 0.3 is 5.97 Å². The maximum Gasteiger partial charge on any atom is 0.352 e. The van der Waals surface area contributed by atoms with Gasteiger partial charge in [0.15, 0.2) is 10.1 Å². The Bertz CT molecular complexity index is 1310. The molecule has 3 aliphatic heterocycles. The first-order valence-corrected chi connectivity index (χ1v) is 14.9. The molecule has 1 aromatic heterocycles. The number of nitrogens with zero attached hydrogens (tertiary/aromatic N) is 4. The fourth-order valence-electron chi connectivity index (χ4n) is 3.66. The first kappa shape index (κ1) is 25.2. The number of hydrogen-bond acceptors (Lipinski definition) is 12. The van der Waals surface area contributed by atoms with Crippen molar-refractivity contribution in [3.63, 3.8) is 0 Å². The summed E-state index contributed by atoms with van der Waals surface area (Å²) in [6.45, 7) is 0. The van der Waals surface area contributed by atoms with Crippen molar-refractivity contribution in [3.8, 4) is 0 Å². The van der Waals surface area contributed by atoms with E-state index in [-0.39, 0.29) is 11.4 Å². The number of carboxylic acids is 1. The van der Waals surface area contributed by atoms with E-state index in [2.05, 4.69) is 20.7 Å². The normalized spacial score (nSPS) is 21.2. The predicted molar refractivity (Wildman–Crippen MR) is 141 cm³/mol. The van der Waals surface area contributed by atoms with Gasteiger partial charge in [-0.1, -0.05) is 63.9 Å². The summed E-state index contributed by atoms with van der Waals surface area (Å²) in [6.07, 6.45) is 0. The molecule has 15 heteroatoms. The molecule has 5 rings (SSSR count). The molecule has 0 bridgehead atoms. The van der Waals surface area contributed by atoms with Crippen molar-refractivity contribution in [2.45, 2.75) is 25.5 Å². The number of carboxylic acid groups (broad SMARTS) is 1. The lowest BCUT2D eigenvalue weighted by atomic mass is 10.0. The number of aromatic nitrogens is 2. The van der Waals surface area contributed by atoms with Crippen LogP contribution in [0, 0.1) is 0 Å². The zero-order chi connectivity index (χ0) is 25.2. The third kappa shape index (κ3) is 4.89. The molecule has 0 saturated carbocycles. The Labute approximate surface area is 226 Å². The molecular weight excluding hydrogens is 563 g/mol. The van der Waals surface area contributed by atoms with Crippen LogP contribution in [0.5, 0.6) is 0 Å². The lowest BCUT2D eigenvalue weighted by Gasteiger charge is -2.49. The molecule has 4 heterocycles. The van der Waals surface area contributed by atoms with Gasteiger partial charge in [-0.15, -0.1) is 22.0 Å². The number of carbonyl (C=O) groups is 3. The number of amides is 2. The SMILES string of the molecule is CO/N=C(/C(=O)NC1C(=O)N2C(C(=O)O)=C(CSc3nncs3)CSC12)C1=CSc2ccccc2S1. The number of rotatable bonds is 8. The van der Waals surface area contributed by atoms with Crippen LogP contribution < -0.4 is 5.32 Å². The van der Waals surface area contributed by atoms with Crippen molar-refractivity contribution in [1.29, 1.82) is 0 Å². The largest absolute Gasteiger partial charge is 0.477 e. The highest BCUT2D eigenvalue weighted by molar-refractivity contribution is 8.09. The Morgan fingerprint density at radius 2 is 2.14 bits per heavy atom. The van der Waals surface area contributed by atoms with Gasteiger partial charge in [-0.3, -0.25) is 14.5 Å². The second-order valence-corrected chi connectivity index (χ2v) is 12.5. The number of aliphatic carboxylic acids is 1. The van der Waals surface area contributed by atoms with Gasteiger partial charge in [0.25, 0.3) is 11.8 Å². The summed E-state index contributed by atoms with van der Waals surface area (Å²) < 4.78 is 0.722. The van der Waals surface area contributed by atoms with Crippen LogP contribution in [-0.2, 0) is 19.2 Å². The highest BCUT2D eigenvalue weighted by Gasteiger charge is 2.54. The highest BCUT2D eigenvalue weighted by atomic mass is 32.2. The molecule has 2 atom stereocenters. The minimum Gasteiger partial charge on any atom is -0.477 e. The Kier molecular flexibility index (Phi) is 7.62. The van der Waals surface area contributed by atoms with Crippen molar-refractivity contribution < 1.29 is 24.3 Å². The summed E-state index contributed by atoms with van der Waals surface area (Å²) in [7, 11) is 1.35. The highest BCUT2D eigenvalue weighted by Crippen LogP contribution is 2.44. The topological polar surface area (TPSA) is 134 Å². The van der Waals surface area contributed by atoms with E-state index in [0.717, 1.165) is 14.1 Å². The zero-order valence-electron chi connectivity index (χ0n) is 18.4. The van der Waals surface area contributed by atoms with Crippen molar-refractivity contribution in [1.82, 2.24) is 20.4 Å². The number of thioether (sulfide) groups is 4. The van der Waals surface area contributed by atoms with E-state index < -0.39 is 29.2 Å². The summed E-state index contributed by atoms with van der Waals surface area (Å²) in [4.78, 5) is 47.1. The van der Waals surface area contributed by atoms with Crippen LogP contribution in [0.2, 0.25) is 0 Å². The van der Waals surface area contributed by atoms with Crippen LogP contribution in [0.15, 0.2) is 70.6 Å². The molecule has 1 aromatic carbocycles. The van der Waals surface area contributed by atoms with E-state index >= 15 is 0 Å². The lowest BCUT2D eigenvalue weighted by Crippen LogP contribution is -2.71. The van der Waals surface area contributed by atoms with Gasteiger partial charge in [0.2, 0.25) is 0 Å². The summed E-state index contributed by atoms with van der Waals surface area (Å²) in [6, 6.07) is 6.93. The van der Waals surface area contributed by atoms with Crippen LogP contribution in [0.4, 0.5) is 0 Å². The maximum atomic E-state index is 13.2. The molecule has 0 spiro atoms. The van der Waals surface area contributed by atoms with Gasteiger partial charge in [-0.2, -0.15) is 0 Å². The molecule has 0 aliphatic carbocycles. The van der Waals surface area contributed by atoms with Crippen LogP contribution in [-0.4, -0.2) is 73.7 Å². The second-order valence-electron chi connectivity index (χ2n) is 7.38. The number of carbonyl (C=O) groups excluding carboxylic acids is 2. The molecule has 2 amide bonds. The molecular formula is C21H17N5O5S5. The molecule has 0 radical (unpaired) electrons. The van der Waals surface area contributed by atoms with E-state index in [1.807, 2.05) is 29.7 Å². The number of fused-ring (bicyclic) bond motifs is 2. The summed E-state index contributed by atoms with van der Waals surface area (Å²) >= 11 is 7.02. The van der Waals surface area contributed by atoms with Crippen molar-refractivity contribution >= 4 is 81.9 Å². The van der Waals surface area contributed by atoms with E-state index in [1.165, 1.54) is 70.4 Å². The summed E-state index contributed by atoms with van der Waals surface area (Å²) in [5.41, 5.74) is 2.26. The first-order chi connectivity index (χ1) is 17.5. The smallest absolute Gasteiger partial charge is 0.352 e. The standard InChI is InChI=1S/C21H17N5O5S5/c1-31-25-14(13-8-32-11-4-2-3-5-12(11)36-13)17(27)23-15-18(28)26-16(20(29)30)10(6-33-19(15)26)7-34-21-24-22-9-35-21/h2-5,8-9,15,19H,6-7H2,1H3,(H,23,27)(H,29,30)/b25-14+. The Balaban J connectivity index is 1.30. The third-order valence-electron chi connectivity index (χ3n) is 5.24. The molecule has 3 aliphatic rings. The van der Waals surface area contributed by atoms with Crippen LogP contribution in [0.3, 0.4) is 0 Å². The number of nitrogens with one attached hydrogen (secondary N) is 1. The Morgan fingerprint density at radius 3 is 2.86 bits per heavy atom. The fraction of sp³-hybridized carbons (Fsp3) is 0.238. The molecule has 1 saturated heterocycles. The van der Waals surface area contributed by atoms with Crippen molar-refractivity contribution in [2.75, 3.05) is 18.6 Å². The van der Waals surface area contributed by atoms with Gasteiger partial charge in [-0.05, 0) is 23.1 Å². The molecule has 2 N–H and O–H groups in total. The molecule has 2 aromatic rings. The fourth-order valence-corrected chi connectivity index (χ4v) is 8.71. The number of hydrogen-bond donors (Lipinski definition) is 2. The van der Waals surface area contributed by atoms with Crippen LogP contribution >= 0.6 is 58.4 Å². The average molecular weight is 580 g/mol. The summed E-state index contributed by atoms with van der Waals surface area (Å²) in [5, 5.41) is 25.5. The third-order valence-corrected chi connectivity index (χ3v) is 10.9. The quantitative estimate of drug-likeness (QED) is 0.207. The number of oxime groups is 1. The number of β-lactam (4-membered cyclic amide) rings is 1. The van der Waals surface area contributed by atoms with Gasteiger partial charge in [-0.25, -0.2) is 4.79 Å². The van der Waals surface area contributed by atoms with Crippen molar-refractivity contribution in [3.05, 3.63) is 51.4 Å². The van der Waals surface area contributed by atoms with E-state index in [4.69, 9.17) is 4.84 Å². The van der Waals surface area contributed by atoms with Crippen molar-refractivity contribution in [2.24, 2.45) is 5.16 Å². The predicted octanol–water partition coefficient (Wildman–Crippen LogP) is 3.11. The van der Waals surface area contributed by atoms with Gasteiger partial charge in [0.1, 0.15) is 29.7 Å². The van der Waals surface area contributed by atoms with E-state index in [1.54, 1.807) is 5.51 Å². The van der Waals surface area contributed by atoms with Crippen LogP contribution in [0.1, 0.15) is 0 Å². The molecule has 36 heavy (non-hydrogen) atoms. The molecule has 2 unspecified atom stereocenters. The molecule has 1 fully saturated rings. The van der Waals surface area contributed by atoms with Gasteiger partial charge in [0.05, 0.1) is 4.91 Å². The van der Waals surface area contributed by atoms with E-state index in [0.29, 0.717) is 22.0 Å². The van der Waals surface area contributed by atoms with Gasteiger partial charge in [0, 0.05) is 21.3 Å². The Morgan fingerprint density at radius 1 is 1.33 bits per heavy atom. The van der Waals surface area contributed by atoms with Gasteiger partial charge < -0.3 is 15.3 Å². The Hall–Kier alpha value is -2.46. The summed E-state index contributed by atoms with van der Waals surface area (Å²) in [5.74, 6) is -1.41. The maximum absolute atomic E-state index is 13.2. The zero-order valence-corrected chi connectivity index (χ0v) is 22.5. The lowest BCUT2D eigenvalue weighted by molar-refractivity contribution is -0.150. The average Bonchev–Trinajstić information content (AvgIpc) is 3.41. The first-order valence-electron chi connectivity index (χ1n) is 10.3. The van der Waals surface area contributed by atoms with Crippen LogP contribution in [0.25, 0.3) is 0 Å². The monoisotopic (exact) mass is 579 g/mol. The van der Waals surface area contributed by atoms with E-state index in [9.17, 15) is 19.5 Å². The minimum atomic E-state index is -1.17.